The molecule has 5 heteroatoms. The Kier molecular flexibility index (Phi) is 4.92. The summed E-state index contributed by atoms with van der Waals surface area (Å²) in [4.78, 5) is 22.4. The number of hydrogen-bond donors (Lipinski definition) is 3. The number of carbonyl (C=O) groups excluding carboxylic acids is 2. The monoisotopic (exact) mass is 247 g/mol. The SMILES string of the molecule is CC(=O)Nc1cccc(NC(=O)NC=C(C)C)c1. The molecular weight excluding hydrogens is 230 g/mol. The number of urea groups is 1. The van der Waals surface area contributed by atoms with Crippen molar-refractivity contribution in [3.63, 3.8) is 0 Å². The summed E-state index contributed by atoms with van der Waals surface area (Å²) in [5.74, 6) is -0.152. The van der Waals surface area contributed by atoms with Gasteiger partial charge < -0.3 is 16.0 Å². The average Bonchev–Trinajstić information content (AvgIpc) is 2.26. The minimum Gasteiger partial charge on any atom is -0.326 e. The maximum atomic E-state index is 11.5. The van der Waals surface area contributed by atoms with Crippen LogP contribution in [0.1, 0.15) is 20.8 Å². The fraction of sp³-hybridized carbons (Fsp3) is 0.231. The van der Waals surface area contributed by atoms with Crippen LogP contribution in [0.3, 0.4) is 0 Å². The van der Waals surface area contributed by atoms with Crippen molar-refractivity contribution in [3.8, 4) is 0 Å². The summed E-state index contributed by atoms with van der Waals surface area (Å²) in [6.07, 6.45) is 1.62. The van der Waals surface area contributed by atoms with Gasteiger partial charge in [0.25, 0.3) is 0 Å². The van der Waals surface area contributed by atoms with E-state index in [1.54, 1.807) is 30.5 Å². The lowest BCUT2D eigenvalue weighted by atomic mass is 10.3. The number of carbonyl (C=O) groups is 2. The predicted molar refractivity (Wildman–Crippen MR) is 72.3 cm³/mol. The van der Waals surface area contributed by atoms with E-state index in [1.165, 1.54) is 6.92 Å². The first-order chi connectivity index (χ1) is 8.47. The van der Waals surface area contributed by atoms with E-state index < -0.39 is 0 Å². The Hall–Kier alpha value is -2.30. The van der Waals surface area contributed by atoms with Gasteiger partial charge in [0.15, 0.2) is 0 Å². The molecular formula is C13H17N3O2. The first-order valence-corrected chi connectivity index (χ1v) is 5.56. The highest BCUT2D eigenvalue weighted by molar-refractivity contribution is 5.92. The molecule has 0 fully saturated rings. The lowest BCUT2D eigenvalue weighted by Crippen LogP contribution is -2.24. The summed E-state index contributed by atoms with van der Waals surface area (Å²) in [5.41, 5.74) is 2.25. The lowest BCUT2D eigenvalue weighted by molar-refractivity contribution is -0.114. The van der Waals surface area contributed by atoms with E-state index in [9.17, 15) is 9.59 Å². The standard InChI is InChI=1S/C13H17N3O2/c1-9(2)8-14-13(18)16-12-6-4-5-11(7-12)15-10(3)17/h4-8H,1-3H3,(H,15,17)(H2,14,16,18). The highest BCUT2D eigenvalue weighted by Gasteiger charge is 2.01. The normalized spacial score (nSPS) is 9.28. The van der Waals surface area contributed by atoms with Gasteiger partial charge in [-0.05, 0) is 32.0 Å². The summed E-state index contributed by atoms with van der Waals surface area (Å²) in [6.45, 7) is 5.21. The van der Waals surface area contributed by atoms with E-state index in [1.807, 2.05) is 13.8 Å². The van der Waals surface area contributed by atoms with Gasteiger partial charge in [0.2, 0.25) is 5.91 Å². The number of anilines is 2. The molecule has 3 N–H and O–H groups in total. The van der Waals surface area contributed by atoms with E-state index in [0.717, 1.165) is 5.57 Å². The van der Waals surface area contributed by atoms with Crippen LogP contribution in [0.2, 0.25) is 0 Å². The zero-order valence-corrected chi connectivity index (χ0v) is 10.7. The summed E-state index contributed by atoms with van der Waals surface area (Å²) in [7, 11) is 0. The smallest absolute Gasteiger partial charge is 0.323 e. The molecule has 0 spiro atoms. The van der Waals surface area contributed by atoms with E-state index in [4.69, 9.17) is 0 Å². The van der Waals surface area contributed by atoms with E-state index in [0.29, 0.717) is 11.4 Å². The van der Waals surface area contributed by atoms with Gasteiger partial charge >= 0.3 is 6.03 Å². The van der Waals surface area contributed by atoms with Gasteiger partial charge in [0.1, 0.15) is 0 Å². The molecule has 0 heterocycles. The first kappa shape index (κ1) is 13.8. The van der Waals surface area contributed by atoms with E-state index in [-0.39, 0.29) is 11.9 Å². The maximum Gasteiger partial charge on any atom is 0.323 e. The molecule has 0 aliphatic rings. The second-order valence-corrected chi connectivity index (χ2v) is 4.08. The number of benzene rings is 1. The Balaban J connectivity index is 2.64. The predicted octanol–water partition coefficient (Wildman–Crippen LogP) is 2.69. The van der Waals surface area contributed by atoms with Gasteiger partial charge in [-0.3, -0.25) is 4.79 Å². The third kappa shape index (κ3) is 5.16. The summed E-state index contributed by atoms with van der Waals surface area (Å²) < 4.78 is 0. The van der Waals surface area contributed by atoms with Crippen molar-refractivity contribution in [2.75, 3.05) is 10.6 Å². The van der Waals surface area contributed by atoms with Gasteiger partial charge in [-0.2, -0.15) is 0 Å². The van der Waals surface area contributed by atoms with Crippen molar-refractivity contribution in [2.45, 2.75) is 20.8 Å². The Morgan fingerprint density at radius 2 is 1.67 bits per heavy atom. The highest BCUT2D eigenvalue weighted by Crippen LogP contribution is 2.14. The molecule has 1 rings (SSSR count). The van der Waals surface area contributed by atoms with Gasteiger partial charge in [0, 0.05) is 24.5 Å². The van der Waals surface area contributed by atoms with E-state index in [2.05, 4.69) is 16.0 Å². The molecule has 5 nitrogen and oxygen atoms in total. The first-order valence-electron chi connectivity index (χ1n) is 5.56. The summed E-state index contributed by atoms with van der Waals surface area (Å²) in [6, 6.07) is 6.61. The number of amides is 3. The van der Waals surface area contributed by atoms with Crippen molar-refractivity contribution in [1.29, 1.82) is 0 Å². The Morgan fingerprint density at radius 3 is 2.22 bits per heavy atom. The van der Waals surface area contributed by atoms with Crippen molar-refractivity contribution in [2.24, 2.45) is 0 Å². The van der Waals surface area contributed by atoms with Gasteiger partial charge in [0.05, 0.1) is 0 Å². The second kappa shape index (κ2) is 6.44. The van der Waals surface area contributed by atoms with Crippen LogP contribution >= 0.6 is 0 Å². The third-order valence-electron chi connectivity index (χ3n) is 1.93. The number of hydrogen-bond acceptors (Lipinski definition) is 2. The lowest BCUT2D eigenvalue weighted by Gasteiger charge is -2.07. The largest absolute Gasteiger partial charge is 0.326 e. The van der Waals surface area contributed by atoms with Crippen LogP contribution in [-0.4, -0.2) is 11.9 Å². The molecule has 0 saturated heterocycles. The van der Waals surface area contributed by atoms with Crippen LogP contribution < -0.4 is 16.0 Å². The quantitative estimate of drug-likeness (QED) is 0.768. The zero-order valence-electron chi connectivity index (χ0n) is 10.7. The molecule has 1 aromatic carbocycles. The van der Waals surface area contributed by atoms with Crippen LogP contribution in [-0.2, 0) is 4.79 Å². The highest BCUT2D eigenvalue weighted by atomic mass is 16.2. The number of rotatable bonds is 3. The van der Waals surface area contributed by atoms with Crippen LogP contribution in [0.15, 0.2) is 36.0 Å². The van der Waals surface area contributed by atoms with Gasteiger partial charge in [-0.25, -0.2) is 4.79 Å². The fourth-order valence-corrected chi connectivity index (χ4v) is 1.26. The summed E-state index contributed by atoms with van der Waals surface area (Å²) in [5, 5.41) is 7.90. The topological polar surface area (TPSA) is 70.2 Å². The molecule has 0 saturated carbocycles. The van der Waals surface area contributed by atoms with Crippen LogP contribution in [0.5, 0.6) is 0 Å². The number of nitrogens with one attached hydrogen (secondary N) is 3. The minimum atomic E-state index is -0.323. The Bertz CT molecular complexity index is 477. The Labute approximate surface area is 106 Å². The maximum absolute atomic E-state index is 11.5. The molecule has 0 aromatic heterocycles. The molecule has 0 bridgehead atoms. The molecule has 18 heavy (non-hydrogen) atoms. The van der Waals surface area contributed by atoms with Crippen molar-refractivity contribution >= 4 is 23.3 Å². The molecule has 0 aliphatic carbocycles. The van der Waals surface area contributed by atoms with Gasteiger partial charge in [-0.1, -0.05) is 11.6 Å². The number of allylic oxidation sites excluding steroid dienone is 1. The van der Waals surface area contributed by atoms with Crippen LogP contribution in [0, 0.1) is 0 Å². The molecule has 0 radical (unpaired) electrons. The van der Waals surface area contributed by atoms with Crippen molar-refractivity contribution in [1.82, 2.24) is 5.32 Å². The zero-order chi connectivity index (χ0) is 13.5. The Morgan fingerprint density at radius 1 is 1.06 bits per heavy atom. The van der Waals surface area contributed by atoms with Crippen molar-refractivity contribution < 1.29 is 9.59 Å². The molecule has 96 valence electrons. The molecule has 1 aromatic rings. The van der Waals surface area contributed by atoms with Crippen molar-refractivity contribution in [3.05, 3.63) is 36.0 Å². The van der Waals surface area contributed by atoms with Crippen LogP contribution in [0.4, 0.5) is 16.2 Å². The molecule has 3 amide bonds. The fourth-order valence-electron chi connectivity index (χ4n) is 1.26. The third-order valence-corrected chi connectivity index (χ3v) is 1.93. The molecule has 0 atom stereocenters. The van der Waals surface area contributed by atoms with Crippen LogP contribution in [0.25, 0.3) is 0 Å². The van der Waals surface area contributed by atoms with Gasteiger partial charge in [-0.15, -0.1) is 0 Å². The molecule has 0 aliphatic heterocycles. The van der Waals surface area contributed by atoms with E-state index >= 15 is 0 Å². The summed E-state index contributed by atoms with van der Waals surface area (Å²) >= 11 is 0. The minimum absolute atomic E-state index is 0.152. The average molecular weight is 247 g/mol. The molecule has 0 unspecified atom stereocenters. The second-order valence-electron chi connectivity index (χ2n) is 4.08.